The molecular formula is C12H7ClF2O2. The van der Waals surface area contributed by atoms with Crippen LogP contribution in [0.4, 0.5) is 8.78 Å². The Hall–Kier alpha value is -1.68. The van der Waals surface area contributed by atoms with Crippen molar-refractivity contribution in [3.05, 3.63) is 58.5 Å². The molecular weight excluding hydrogens is 250 g/mol. The molecule has 0 amide bonds. The zero-order valence-corrected chi connectivity index (χ0v) is 9.30. The van der Waals surface area contributed by atoms with Gasteiger partial charge in [-0.1, -0.05) is 6.07 Å². The van der Waals surface area contributed by atoms with Gasteiger partial charge in [0.1, 0.15) is 11.6 Å². The third-order valence-electron chi connectivity index (χ3n) is 2.32. The Balaban J connectivity index is 2.28. The Bertz CT molecular complexity index is 543. The molecule has 2 nitrogen and oxygen atoms in total. The number of hydrogen-bond donors (Lipinski definition) is 0. The van der Waals surface area contributed by atoms with Gasteiger partial charge in [-0.25, -0.2) is 8.78 Å². The quantitative estimate of drug-likeness (QED) is 0.785. The zero-order chi connectivity index (χ0) is 12.4. The van der Waals surface area contributed by atoms with Gasteiger partial charge in [0.2, 0.25) is 5.22 Å². The molecule has 17 heavy (non-hydrogen) atoms. The largest absolute Gasteiger partial charge is 0.452 e. The number of halogens is 3. The summed E-state index contributed by atoms with van der Waals surface area (Å²) in [4.78, 5) is 11.7. The Morgan fingerprint density at radius 2 is 1.88 bits per heavy atom. The van der Waals surface area contributed by atoms with E-state index in [0.29, 0.717) is 0 Å². The molecule has 0 saturated carbocycles. The van der Waals surface area contributed by atoms with Gasteiger partial charge in [-0.3, -0.25) is 4.79 Å². The maximum absolute atomic E-state index is 13.3. The molecule has 0 fully saturated rings. The molecule has 0 unspecified atom stereocenters. The van der Waals surface area contributed by atoms with E-state index in [2.05, 4.69) is 0 Å². The fourth-order valence-corrected chi connectivity index (χ4v) is 1.67. The van der Waals surface area contributed by atoms with Crippen molar-refractivity contribution >= 4 is 17.4 Å². The van der Waals surface area contributed by atoms with Crippen LogP contribution in [0.25, 0.3) is 0 Å². The van der Waals surface area contributed by atoms with E-state index < -0.39 is 23.8 Å². The van der Waals surface area contributed by atoms with Gasteiger partial charge < -0.3 is 4.42 Å². The monoisotopic (exact) mass is 256 g/mol. The molecule has 0 N–H and O–H groups in total. The second kappa shape index (κ2) is 4.67. The van der Waals surface area contributed by atoms with Gasteiger partial charge in [-0.15, -0.1) is 0 Å². The summed E-state index contributed by atoms with van der Waals surface area (Å²) >= 11 is 5.61. The summed E-state index contributed by atoms with van der Waals surface area (Å²) in [7, 11) is 0. The van der Waals surface area contributed by atoms with Crippen molar-refractivity contribution in [3.63, 3.8) is 0 Å². The lowest BCUT2D eigenvalue weighted by Crippen LogP contribution is -2.06. The van der Waals surface area contributed by atoms with Gasteiger partial charge in [-0.2, -0.15) is 0 Å². The summed E-state index contributed by atoms with van der Waals surface area (Å²) in [6, 6.07) is 4.80. The molecule has 1 aromatic heterocycles. The third-order valence-corrected chi connectivity index (χ3v) is 2.61. The fraction of sp³-hybridized carbons (Fsp3) is 0.0833. The molecule has 0 saturated heterocycles. The van der Waals surface area contributed by atoms with Crippen LogP contribution in [0.3, 0.4) is 0 Å². The number of carbonyl (C=O) groups is 1. The van der Waals surface area contributed by atoms with E-state index >= 15 is 0 Å². The molecule has 88 valence electrons. The lowest BCUT2D eigenvalue weighted by Gasteiger charge is -2.03. The maximum atomic E-state index is 13.3. The van der Waals surface area contributed by atoms with Gasteiger partial charge in [0.05, 0.1) is 11.8 Å². The molecule has 0 aliphatic heterocycles. The molecule has 0 bridgehead atoms. The number of Topliss-reactive ketones (excluding diaryl/α,β-unsaturated/α-hetero) is 1. The number of hydrogen-bond acceptors (Lipinski definition) is 2. The summed E-state index contributed by atoms with van der Waals surface area (Å²) in [5.41, 5.74) is -0.149. The van der Waals surface area contributed by atoms with E-state index in [4.69, 9.17) is 16.0 Å². The van der Waals surface area contributed by atoms with Crippen LogP contribution in [0.2, 0.25) is 5.22 Å². The van der Waals surface area contributed by atoms with Crippen LogP contribution in [0.15, 0.2) is 34.9 Å². The van der Waals surface area contributed by atoms with E-state index in [1.807, 2.05) is 0 Å². The van der Waals surface area contributed by atoms with Crippen molar-refractivity contribution in [3.8, 4) is 0 Å². The first-order valence-corrected chi connectivity index (χ1v) is 5.16. The number of benzene rings is 1. The molecule has 2 aromatic rings. The second-order valence-electron chi connectivity index (χ2n) is 3.41. The third kappa shape index (κ3) is 2.36. The summed E-state index contributed by atoms with van der Waals surface area (Å²) in [5, 5.41) is -0.0771. The minimum Gasteiger partial charge on any atom is -0.452 e. The van der Waals surface area contributed by atoms with Crippen molar-refractivity contribution < 1.29 is 18.0 Å². The van der Waals surface area contributed by atoms with E-state index in [0.717, 1.165) is 12.1 Å². The van der Waals surface area contributed by atoms with Crippen molar-refractivity contribution in [2.45, 2.75) is 6.42 Å². The summed E-state index contributed by atoms with van der Waals surface area (Å²) in [5.74, 6) is -2.00. The number of carbonyl (C=O) groups excluding carboxylic acids is 1. The average Bonchev–Trinajstić information content (AvgIpc) is 2.70. The van der Waals surface area contributed by atoms with Crippen molar-refractivity contribution in [2.24, 2.45) is 0 Å². The number of furan rings is 1. The second-order valence-corrected chi connectivity index (χ2v) is 3.75. The highest BCUT2D eigenvalue weighted by Crippen LogP contribution is 2.20. The summed E-state index contributed by atoms with van der Waals surface area (Å²) in [6.07, 6.45) is 0.852. The zero-order valence-electron chi connectivity index (χ0n) is 8.54. The standard InChI is InChI=1S/C12H7ClF2O2/c13-12-7(4-5-17-12)11(16)6-8-9(14)2-1-3-10(8)15/h1-5H,6H2. The highest BCUT2D eigenvalue weighted by Gasteiger charge is 2.17. The predicted molar refractivity (Wildman–Crippen MR) is 58.1 cm³/mol. The van der Waals surface area contributed by atoms with E-state index in [-0.39, 0.29) is 16.3 Å². The highest BCUT2D eigenvalue weighted by molar-refractivity contribution is 6.32. The van der Waals surface area contributed by atoms with Crippen LogP contribution in [-0.4, -0.2) is 5.78 Å². The lowest BCUT2D eigenvalue weighted by molar-refractivity contribution is 0.0990. The van der Waals surface area contributed by atoms with Crippen LogP contribution in [-0.2, 0) is 6.42 Å². The van der Waals surface area contributed by atoms with Crippen molar-refractivity contribution in [1.82, 2.24) is 0 Å². The van der Waals surface area contributed by atoms with Crippen molar-refractivity contribution in [1.29, 1.82) is 0 Å². The van der Waals surface area contributed by atoms with Crippen LogP contribution < -0.4 is 0 Å². The number of ketones is 1. The maximum Gasteiger partial charge on any atom is 0.203 e. The van der Waals surface area contributed by atoms with Crippen LogP contribution in [0.1, 0.15) is 15.9 Å². The summed E-state index contributed by atoms with van der Waals surface area (Å²) < 4.78 is 31.3. The minimum absolute atomic E-state index is 0.0771. The molecule has 0 atom stereocenters. The van der Waals surface area contributed by atoms with Crippen LogP contribution >= 0.6 is 11.6 Å². The Labute approximate surface area is 101 Å². The molecule has 0 aliphatic rings. The highest BCUT2D eigenvalue weighted by atomic mass is 35.5. The first kappa shape index (κ1) is 11.8. The molecule has 2 rings (SSSR count). The Kier molecular flexibility index (Phi) is 3.24. The first-order chi connectivity index (χ1) is 8.09. The molecule has 0 radical (unpaired) electrons. The van der Waals surface area contributed by atoms with Gasteiger partial charge in [-0.05, 0) is 29.8 Å². The average molecular weight is 257 g/mol. The normalized spacial score (nSPS) is 10.5. The van der Waals surface area contributed by atoms with Gasteiger partial charge in [0.15, 0.2) is 5.78 Å². The summed E-state index contributed by atoms with van der Waals surface area (Å²) in [6.45, 7) is 0. The van der Waals surface area contributed by atoms with E-state index in [9.17, 15) is 13.6 Å². The Morgan fingerprint density at radius 3 is 2.41 bits per heavy atom. The molecule has 0 aliphatic carbocycles. The minimum atomic E-state index is -0.752. The van der Waals surface area contributed by atoms with E-state index in [1.165, 1.54) is 18.4 Å². The SMILES string of the molecule is O=C(Cc1c(F)cccc1F)c1ccoc1Cl. The smallest absolute Gasteiger partial charge is 0.203 e. The van der Waals surface area contributed by atoms with Crippen molar-refractivity contribution in [2.75, 3.05) is 0 Å². The topological polar surface area (TPSA) is 30.2 Å². The van der Waals surface area contributed by atoms with Crippen LogP contribution in [0, 0.1) is 11.6 Å². The fourth-order valence-electron chi connectivity index (χ4n) is 1.45. The Morgan fingerprint density at radius 1 is 1.24 bits per heavy atom. The first-order valence-electron chi connectivity index (χ1n) is 4.78. The molecule has 0 spiro atoms. The van der Waals surface area contributed by atoms with Gasteiger partial charge in [0.25, 0.3) is 0 Å². The molecule has 1 aromatic carbocycles. The molecule has 5 heteroatoms. The predicted octanol–water partition coefficient (Wildman–Crippen LogP) is 3.64. The molecule has 1 heterocycles. The van der Waals surface area contributed by atoms with E-state index in [1.54, 1.807) is 0 Å². The van der Waals surface area contributed by atoms with Gasteiger partial charge >= 0.3 is 0 Å². The van der Waals surface area contributed by atoms with Crippen LogP contribution in [0.5, 0.6) is 0 Å². The number of rotatable bonds is 3. The lowest BCUT2D eigenvalue weighted by atomic mass is 10.0. The van der Waals surface area contributed by atoms with Gasteiger partial charge in [0, 0.05) is 12.0 Å².